The average Bonchev–Trinajstić information content (AvgIpc) is 2.66. The van der Waals surface area contributed by atoms with Crippen LogP contribution in [-0.2, 0) is 6.42 Å². The maximum atomic E-state index is 5.45. The summed E-state index contributed by atoms with van der Waals surface area (Å²) in [4.78, 5) is 9.06. The van der Waals surface area contributed by atoms with Crippen LogP contribution in [0.2, 0.25) is 0 Å². The second kappa shape index (κ2) is 12.5. The lowest BCUT2D eigenvalue weighted by Crippen LogP contribution is -2.38. The lowest BCUT2D eigenvalue weighted by Gasteiger charge is -2.15. The van der Waals surface area contributed by atoms with Crippen molar-refractivity contribution in [2.45, 2.75) is 26.2 Å². The number of aromatic nitrogens is 1. The van der Waals surface area contributed by atoms with Crippen LogP contribution in [0.15, 0.2) is 53.7 Å². The number of ether oxygens (including phenoxy) is 1. The van der Waals surface area contributed by atoms with Gasteiger partial charge < -0.3 is 15.4 Å². The summed E-state index contributed by atoms with van der Waals surface area (Å²) in [7, 11) is 1.71. The number of benzene rings is 1. The predicted octanol–water partition coefficient (Wildman–Crippen LogP) is 3.61. The molecule has 0 radical (unpaired) electrons. The van der Waals surface area contributed by atoms with Gasteiger partial charge in [-0.2, -0.15) is 0 Å². The van der Waals surface area contributed by atoms with Crippen molar-refractivity contribution in [3.63, 3.8) is 0 Å². The van der Waals surface area contributed by atoms with Gasteiger partial charge in [-0.15, -0.1) is 24.0 Å². The number of halogens is 1. The van der Waals surface area contributed by atoms with Crippen LogP contribution in [0.3, 0.4) is 0 Å². The minimum absolute atomic E-state index is 0. The number of guanidine groups is 1. The third-order valence-corrected chi connectivity index (χ3v) is 3.94. The van der Waals surface area contributed by atoms with Crippen molar-refractivity contribution in [2.75, 3.05) is 26.7 Å². The van der Waals surface area contributed by atoms with Crippen LogP contribution in [0.25, 0.3) is 0 Å². The molecule has 2 rings (SSSR count). The van der Waals surface area contributed by atoms with Crippen LogP contribution < -0.4 is 15.4 Å². The van der Waals surface area contributed by atoms with E-state index in [-0.39, 0.29) is 29.9 Å². The molecule has 0 fully saturated rings. The van der Waals surface area contributed by atoms with Crippen molar-refractivity contribution in [3.8, 4) is 5.75 Å². The van der Waals surface area contributed by atoms with Gasteiger partial charge in [-0.1, -0.05) is 31.2 Å². The van der Waals surface area contributed by atoms with Gasteiger partial charge in [-0.3, -0.25) is 9.98 Å². The molecular weight excluding hydrogens is 439 g/mol. The minimum atomic E-state index is 0. The van der Waals surface area contributed by atoms with Crippen LogP contribution in [0.1, 0.15) is 31.0 Å². The third kappa shape index (κ3) is 7.19. The monoisotopic (exact) mass is 468 g/mol. The molecule has 0 aliphatic rings. The van der Waals surface area contributed by atoms with Crippen molar-refractivity contribution in [1.29, 1.82) is 0 Å². The highest BCUT2D eigenvalue weighted by Crippen LogP contribution is 2.26. The van der Waals surface area contributed by atoms with Gasteiger partial charge in [0.05, 0.1) is 7.11 Å². The van der Waals surface area contributed by atoms with E-state index in [1.807, 2.05) is 42.6 Å². The number of nitrogens with one attached hydrogen (secondary N) is 2. The molecule has 0 aliphatic carbocycles. The summed E-state index contributed by atoms with van der Waals surface area (Å²) in [5, 5.41) is 6.66. The van der Waals surface area contributed by atoms with Crippen LogP contribution in [0.4, 0.5) is 0 Å². The Morgan fingerprint density at radius 3 is 2.62 bits per heavy atom. The first kappa shape index (κ1) is 22.2. The fourth-order valence-corrected chi connectivity index (χ4v) is 2.60. The first-order chi connectivity index (χ1) is 12.2. The Hall–Kier alpha value is -1.83. The summed E-state index contributed by atoms with van der Waals surface area (Å²) in [5.74, 6) is 2.03. The van der Waals surface area contributed by atoms with Crippen molar-refractivity contribution in [2.24, 2.45) is 4.99 Å². The second-order valence-electron chi connectivity index (χ2n) is 5.86. The summed E-state index contributed by atoms with van der Waals surface area (Å²) in [5.41, 5.74) is 2.26. The molecule has 6 heteroatoms. The molecule has 0 spiro atoms. The van der Waals surface area contributed by atoms with Gasteiger partial charge in [-0.05, 0) is 30.7 Å². The molecule has 5 nitrogen and oxygen atoms in total. The molecule has 0 aliphatic heterocycles. The van der Waals surface area contributed by atoms with E-state index in [0.29, 0.717) is 6.54 Å². The molecule has 142 valence electrons. The molecule has 1 heterocycles. The van der Waals surface area contributed by atoms with E-state index in [1.54, 1.807) is 7.11 Å². The number of aliphatic imine (C=N–C) groups is 1. The van der Waals surface area contributed by atoms with Gasteiger partial charge in [0.1, 0.15) is 5.75 Å². The molecular formula is C20H29IN4O. The zero-order chi connectivity index (χ0) is 17.9. The molecule has 0 saturated carbocycles. The summed E-state index contributed by atoms with van der Waals surface area (Å²) in [6.07, 6.45) is 2.69. The average molecular weight is 468 g/mol. The van der Waals surface area contributed by atoms with Gasteiger partial charge in [0, 0.05) is 43.9 Å². The van der Waals surface area contributed by atoms with Crippen molar-refractivity contribution in [1.82, 2.24) is 15.6 Å². The fourth-order valence-electron chi connectivity index (χ4n) is 2.60. The van der Waals surface area contributed by atoms with Crippen molar-refractivity contribution < 1.29 is 4.74 Å². The van der Waals surface area contributed by atoms with E-state index in [9.17, 15) is 0 Å². The number of hydrogen-bond acceptors (Lipinski definition) is 3. The second-order valence-corrected chi connectivity index (χ2v) is 5.86. The van der Waals surface area contributed by atoms with Crippen LogP contribution in [0, 0.1) is 0 Å². The van der Waals surface area contributed by atoms with Gasteiger partial charge in [-0.25, -0.2) is 0 Å². The number of pyridine rings is 1. The zero-order valence-corrected chi connectivity index (χ0v) is 18.1. The highest BCUT2D eigenvalue weighted by Gasteiger charge is 2.10. The van der Waals surface area contributed by atoms with Crippen molar-refractivity contribution >= 4 is 29.9 Å². The van der Waals surface area contributed by atoms with Crippen molar-refractivity contribution in [3.05, 3.63) is 59.9 Å². The van der Waals surface area contributed by atoms with E-state index in [0.717, 1.165) is 36.9 Å². The van der Waals surface area contributed by atoms with Crippen LogP contribution >= 0.6 is 24.0 Å². The van der Waals surface area contributed by atoms with Gasteiger partial charge in [0.2, 0.25) is 0 Å². The van der Waals surface area contributed by atoms with E-state index in [2.05, 4.69) is 35.5 Å². The quantitative estimate of drug-likeness (QED) is 0.353. The Morgan fingerprint density at radius 1 is 1.15 bits per heavy atom. The number of nitrogens with zero attached hydrogens (tertiary/aromatic N) is 2. The topological polar surface area (TPSA) is 58.5 Å². The van der Waals surface area contributed by atoms with Gasteiger partial charge in [0.25, 0.3) is 0 Å². The maximum absolute atomic E-state index is 5.45. The molecule has 2 aromatic rings. The van der Waals surface area contributed by atoms with E-state index < -0.39 is 0 Å². The normalized spacial score (nSPS) is 12.0. The Balaban J connectivity index is 0.00000338. The molecule has 26 heavy (non-hydrogen) atoms. The van der Waals surface area contributed by atoms with Crippen LogP contribution in [-0.4, -0.2) is 37.7 Å². The van der Waals surface area contributed by atoms with Crippen LogP contribution in [0.5, 0.6) is 5.75 Å². The molecule has 1 unspecified atom stereocenters. The lowest BCUT2D eigenvalue weighted by atomic mass is 10.0. The largest absolute Gasteiger partial charge is 0.496 e. The highest BCUT2D eigenvalue weighted by molar-refractivity contribution is 14.0. The van der Waals surface area contributed by atoms with E-state index in [1.165, 1.54) is 5.56 Å². The number of hydrogen-bond donors (Lipinski definition) is 2. The molecule has 1 aromatic heterocycles. The molecule has 0 amide bonds. The maximum Gasteiger partial charge on any atom is 0.191 e. The van der Waals surface area contributed by atoms with Gasteiger partial charge >= 0.3 is 0 Å². The molecule has 0 bridgehead atoms. The molecule has 2 N–H and O–H groups in total. The summed E-state index contributed by atoms with van der Waals surface area (Å²) in [6, 6.07) is 14.1. The molecule has 1 aromatic carbocycles. The number of methoxy groups -OCH3 is 1. The summed E-state index contributed by atoms with van der Waals surface area (Å²) < 4.78 is 5.45. The number of para-hydroxylation sites is 1. The molecule has 0 saturated heterocycles. The first-order valence-electron chi connectivity index (χ1n) is 8.79. The number of rotatable bonds is 8. The third-order valence-electron chi connectivity index (χ3n) is 3.94. The Bertz CT molecular complexity index is 664. The highest BCUT2D eigenvalue weighted by atomic mass is 127. The van der Waals surface area contributed by atoms with Gasteiger partial charge in [0.15, 0.2) is 5.96 Å². The SMILES string of the molecule is CCNC(=NCC(C)c1ccccc1OC)NCCc1ccccn1.I. The smallest absolute Gasteiger partial charge is 0.191 e. The predicted molar refractivity (Wildman–Crippen MR) is 119 cm³/mol. The van der Waals surface area contributed by atoms with E-state index >= 15 is 0 Å². The summed E-state index contributed by atoms with van der Waals surface area (Å²) in [6.45, 7) is 6.56. The first-order valence-corrected chi connectivity index (χ1v) is 8.79. The summed E-state index contributed by atoms with van der Waals surface area (Å²) >= 11 is 0. The fraction of sp³-hybridized carbons (Fsp3) is 0.400. The van der Waals surface area contributed by atoms with E-state index in [4.69, 9.17) is 9.73 Å². The Morgan fingerprint density at radius 2 is 1.92 bits per heavy atom. The minimum Gasteiger partial charge on any atom is -0.496 e. The zero-order valence-electron chi connectivity index (χ0n) is 15.7. The Kier molecular flexibility index (Phi) is 10.7. The standard InChI is InChI=1S/C20H28N4O.HI/c1-4-21-20(23-14-12-17-9-7-8-13-22-17)24-15-16(2)18-10-5-6-11-19(18)25-3;/h5-11,13,16H,4,12,14-15H2,1-3H3,(H2,21,23,24);1H. The lowest BCUT2D eigenvalue weighted by molar-refractivity contribution is 0.407. The molecule has 1 atom stereocenters. The Labute approximate surface area is 173 Å².